The molecule has 4 aromatic rings. The van der Waals surface area contributed by atoms with Gasteiger partial charge in [0.1, 0.15) is 6.29 Å². The largest absolute Gasteiger partial charge is 0.478 e. The maximum absolute atomic E-state index is 13.1. The minimum absolute atomic E-state index is 0.0590. The number of nitrogens with one attached hydrogen (secondary N) is 2. The second-order valence-electron chi connectivity index (χ2n) is 8.05. The molecule has 0 heterocycles. The quantitative estimate of drug-likeness (QED) is 0.298. The zero-order valence-electron chi connectivity index (χ0n) is 18.9. The lowest BCUT2D eigenvalue weighted by molar-refractivity contribution is -0.109. The average Bonchev–Trinajstić information content (AvgIpc) is 2.88. The Morgan fingerprint density at radius 2 is 1.56 bits per heavy atom. The number of carbonyl (C=O) groups excluding carboxylic acids is 2. The summed E-state index contributed by atoms with van der Waals surface area (Å²) in [7, 11) is -4.17. The Hall–Kier alpha value is -4.50. The van der Waals surface area contributed by atoms with E-state index in [1.807, 2.05) is 18.2 Å². The Bertz CT molecular complexity index is 1550. The summed E-state index contributed by atoms with van der Waals surface area (Å²) in [5.74, 6) is -2.31. The number of aldehydes is 1. The van der Waals surface area contributed by atoms with Gasteiger partial charge >= 0.3 is 5.97 Å². The highest BCUT2D eigenvalue weighted by molar-refractivity contribution is 7.92. The first-order valence-electron chi connectivity index (χ1n) is 11.0. The molecule has 0 fully saturated rings. The van der Waals surface area contributed by atoms with Gasteiger partial charge in [-0.3, -0.25) is 9.52 Å². The third kappa shape index (κ3) is 5.42. The first kappa shape index (κ1) is 24.6. The highest BCUT2D eigenvalue weighted by Crippen LogP contribution is 2.26. The van der Waals surface area contributed by atoms with Crippen LogP contribution in [-0.2, 0) is 21.2 Å². The summed E-state index contributed by atoms with van der Waals surface area (Å²) < 4.78 is 28.4. The van der Waals surface area contributed by atoms with Crippen molar-refractivity contribution < 1.29 is 27.9 Å². The number of carboxylic acids is 1. The predicted molar refractivity (Wildman–Crippen MR) is 136 cm³/mol. The van der Waals surface area contributed by atoms with Gasteiger partial charge in [-0.15, -0.1) is 0 Å². The third-order valence-electron chi connectivity index (χ3n) is 5.58. The normalized spacial score (nSPS) is 12.0. The Labute approximate surface area is 207 Å². The zero-order chi connectivity index (χ0) is 25.7. The number of amides is 1. The SMILES string of the molecule is O=C[C@H](Cc1ccccc1)NC(=O)c1cccc(NS(=O)(=O)c2ccc3ccccc3c2)c1C(=O)O. The van der Waals surface area contributed by atoms with E-state index in [0.717, 1.165) is 10.9 Å². The lowest BCUT2D eigenvalue weighted by atomic mass is 10.0. The molecule has 0 radical (unpaired) electrons. The summed E-state index contributed by atoms with van der Waals surface area (Å²) in [6.07, 6.45) is 0.782. The molecule has 0 saturated heterocycles. The summed E-state index contributed by atoms with van der Waals surface area (Å²) in [5.41, 5.74) is -0.260. The highest BCUT2D eigenvalue weighted by atomic mass is 32.2. The van der Waals surface area contributed by atoms with Crippen molar-refractivity contribution in [1.29, 1.82) is 0 Å². The Morgan fingerprint density at radius 1 is 0.861 bits per heavy atom. The first-order chi connectivity index (χ1) is 17.3. The minimum Gasteiger partial charge on any atom is -0.478 e. The van der Waals surface area contributed by atoms with E-state index >= 15 is 0 Å². The van der Waals surface area contributed by atoms with Crippen LogP contribution in [0, 0.1) is 0 Å². The number of aromatic carboxylic acids is 1. The van der Waals surface area contributed by atoms with Crippen molar-refractivity contribution in [2.24, 2.45) is 0 Å². The molecule has 36 heavy (non-hydrogen) atoms. The third-order valence-corrected chi connectivity index (χ3v) is 6.94. The van der Waals surface area contributed by atoms with Gasteiger partial charge in [0.25, 0.3) is 15.9 Å². The van der Waals surface area contributed by atoms with E-state index in [1.165, 1.54) is 30.3 Å². The monoisotopic (exact) mass is 502 g/mol. The number of hydrogen-bond donors (Lipinski definition) is 3. The van der Waals surface area contributed by atoms with E-state index in [9.17, 15) is 27.9 Å². The Kier molecular flexibility index (Phi) is 7.12. The summed E-state index contributed by atoms with van der Waals surface area (Å²) in [4.78, 5) is 36.6. The molecule has 0 spiro atoms. The van der Waals surface area contributed by atoms with Crippen molar-refractivity contribution in [3.8, 4) is 0 Å². The van der Waals surface area contributed by atoms with Gasteiger partial charge in [0, 0.05) is 0 Å². The van der Waals surface area contributed by atoms with Gasteiger partial charge in [0.05, 0.1) is 27.8 Å². The number of hydrogen-bond acceptors (Lipinski definition) is 5. The van der Waals surface area contributed by atoms with Crippen molar-refractivity contribution in [2.45, 2.75) is 17.4 Å². The molecule has 8 nitrogen and oxygen atoms in total. The van der Waals surface area contributed by atoms with Crippen LogP contribution in [0.2, 0.25) is 0 Å². The van der Waals surface area contributed by atoms with Gasteiger partial charge < -0.3 is 15.2 Å². The number of carboxylic acid groups (broad SMARTS) is 1. The van der Waals surface area contributed by atoms with E-state index < -0.39 is 33.5 Å². The molecule has 4 rings (SSSR count). The zero-order valence-corrected chi connectivity index (χ0v) is 19.7. The lowest BCUT2D eigenvalue weighted by Crippen LogP contribution is -2.38. The smallest absolute Gasteiger partial charge is 0.338 e. The van der Waals surface area contributed by atoms with Crippen LogP contribution in [0.1, 0.15) is 26.3 Å². The molecule has 1 amide bonds. The Balaban J connectivity index is 1.63. The molecular formula is C27H22N2O6S. The first-order valence-corrected chi connectivity index (χ1v) is 12.4. The molecule has 9 heteroatoms. The van der Waals surface area contributed by atoms with Crippen LogP contribution in [0.15, 0.2) is 95.9 Å². The summed E-state index contributed by atoms with van der Waals surface area (Å²) in [6, 6.07) is 23.8. The van der Waals surface area contributed by atoms with Crippen molar-refractivity contribution >= 4 is 44.6 Å². The molecule has 4 aromatic carbocycles. The molecule has 0 bridgehead atoms. The standard InChI is InChI=1S/C27H22N2O6S/c30-17-21(15-18-7-2-1-3-8-18)28-26(31)23-11-6-12-24(25(23)27(32)33)29-36(34,35)22-14-13-19-9-4-5-10-20(19)16-22/h1-14,16-17,21,29H,15H2,(H,28,31)(H,32,33)/t21-/m0/s1. The maximum Gasteiger partial charge on any atom is 0.338 e. The minimum atomic E-state index is -4.17. The fraction of sp³-hybridized carbons (Fsp3) is 0.0741. The fourth-order valence-corrected chi connectivity index (χ4v) is 4.95. The Morgan fingerprint density at radius 3 is 2.25 bits per heavy atom. The number of sulfonamides is 1. The van der Waals surface area contributed by atoms with Crippen LogP contribution in [-0.4, -0.2) is 37.7 Å². The van der Waals surface area contributed by atoms with Crippen molar-refractivity contribution in [2.75, 3.05) is 4.72 Å². The molecular weight excluding hydrogens is 480 g/mol. The number of fused-ring (bicyclic) bond motifs is 1. The molecule has 0 unspecified atom stereocenters. The molecule has 182 valence electrons. The van der Waals surface area contributed by atoms with Gasteiger partial charge in [-0.05, 0) is 47.0 Å². The second kappa shape index (κ2) is 10.4. The molecule has 1 atom stereocenters. The van der Waals surface area contributed by atoms with E-state index in [2.05, 4.69) is 10.0 Å². The number of rotatable bonds is 9. The number of benzene rings is 4. The predicted octanol–water partition coefficient (Wildman–Crippen LogP) is 3.88. The van der Waals surface area contributed by atoms with Crippen molar-refractivity contribution in [3.05, 3.63) is 108 Å². The van der Waals surface area contributed by atoms with E-state index in [1.54, 1.807) is 42.5 Å². The molecule has 0 saturated carbocycles. The molecule has 0 aromatic heterocycles. The molecule has 0 aliphatic heterocycles. The number of carbonyl (C=O) groups is 3. The van der Waals surface area contributed by atoms with Crippen LogP contribution in [0.4, 0.5) is 5.69 Å². The average molecular weight is 503 g/mol. The van der Waals surface area contributed by atoms with Gasteiger partial charge in [0.2, 0.25) is 0 Å². The van der Waals surface area contributed by atoms with E-state index in [4.69, 9.17) is 0 Å². The lowest BCUT2D eigenvalue weighted by Gasteiger charge is -2.16. The van der Waals surface area contributed by atoms with Gasteiger partial charge in [-0.25, -0.2) is 13.2 Å². The molecule has 0 aliphatic carbocycles. The molecule has 0 aliphatic rings. The van der Waals surface area contributed by atoms with Crippen molar-refractivity contribution in [1.82, 2.24) is 5.32 Å². The van der Waals surface area contributed by atoms with Crippen LogP contribution < -0.4 is 10.0 Å². The van der Waals surface area contributed by atoms with Gasteiger partial charge in [-0.1, -0.05) is 66.7 Å². The summed E-state index contributed by atoms with van der Waals surface area (Å²) in [6.45, 7) is 0. The summed E-state index contributed by atoms with van der Waals surface area (Å²) in [5, 5.41) is 13.9. The maximum atomic E-state index is 13.1. The van der Waals surface area contributed by atoms with Crippen LogP contribution in [0.3, 0.4) is 0 Å². The van der Waals surface area contributed by atoms with Gasteiger partial charge in [0.15, 0.2) is 0 Å². The van der Waals surface area contributed by atoms with Gasteiger partial charge in [-0.2, -0.15) is 0 Å². The molecule has 3 N–H and O–H groups in total. The second-order valence-corrected chi connectivity index (χ2v) is 9.74. The van der Waals surface area contributed by atoms with Crippen LogP contribution in [0.5, 0.6) is 0 Å². The number of anilines is 1. The van der Waals surface area contributed by atoms with Crippen LogP contribution >= 0.6 is 0 Å². The van der Waals surface area contributed by atoms with E-state index in [0.29, 0.717) is 11.7 Å². The van der Waals surface area contributed by atoms with Crippen LogP contribution in [0.25, 0.3) is 10.8 Å². The fourth-order valence-electron chi connectivity index (χ4n) is 3.84. The topological polar surface area (TPSA) is 130 Å². The van der Waals surface area contributed by atoms with Crippen molar-refractivity contribution in [3.63, 3.8) is 0 Å². The summed E-state index contributed by atoms with van der Waals surface area (Å²) >= 11 is 0. The highest BCUT2D eigenvalue weighted by Gasteiger charge is 2.25. The van der Waals surface area contributed by atoms with E-state index in [-0.39, 0.29) is 22.6 Å².